The zero-order chi connectivity index (χ0) is 36.4. The number of hydrogen-bond acceptors (Lipinski definition) is 7. The molecule has 7 rings (SSSR count). The summed E-state index contributed by atoms with van der Waals surface area (Å²) in [7, 11) is 1.56. The number of nitrogens with one attached hydrogen (secondary N) is 1. The van der Waals surface area contributed by atoms with Crippen LogP contribution in [0.2, 0.25) is 5.02 Å². The molecule has 2 aromatic heterocycles. The van der Waals surface area contributed by atoms with Crippen LogP contribution in [-0.4, -0.2) is 53.7 Å². The van der Waals surface area contributed by atoms with Crippen LogP contribution in [0, 0.1) is 19.7 Å². The Morgan fingerprint density at radius 1 is 0.904 bits per heavy atom. The van der Waals surface area contributed by atoms with Crippen LogP contribution in [-0.2, 0) is 0 Å². The highest BCUT2D eigenvalue weighted by Gasteiger charge is 2.23. The third kappa shape index (κ3) is 7.17. The molecule has 4 aromatic carbocycles. The number of likely N-dealkylation sites (tertiary alicyclic amines) is 1. The third-order valence-electron chi connectivity index (χ3n) is 9.18. The summed E-state index contributed by atoms with van der Waals surface area (Å²) in [6, 6.07) is 22.1. The Bertz CT molecular complexity index is 2350. The number of fused-ring (bicyclic) bond motifs is 2. The second-order valence-electron chi connectivity index (χ2n) is 13.0. The second kappa shape index (κ2) is 15.0. The first-order valence-corrected chi connectivity index (χ1v) is 17.6. The summed E-state index contributed by atoms with van der Waals surface area (Å²) in [4.78, 5) is 34.6. The van der Waals surface area contributed by atoms with E-state index < -0.39 is 17.3 Å². The Morgan fingerprint density at radius 2 is 1.67 bits per heavy atom. The smallest absolute Gasteiger partial charge is 0.270 e. The van der Waals surface area contributed by atoms with E-state index in [9.17, 15) is 9.59 Å². The lowest BCUT2D eigenvalue weighted by atomic mass is 10.1. The largest absolute Gasteiger partial charge is 0.493 e. The van der Waals surface area contributed by atoms with Gasteiger partial charge in [-0.2, -0.15) is 0 Å². The minimum absolute atomic E-state index is 0.00906. The van der Waals surface area contributed by atoms with Crippen molar-refractivity contribution < 1.29 is 23.4 Å². The SMILES string of the molecule is COc1cc2c(Oc3ccc(NC(=O)c4c(Cl)c5ccccc5n(-c5cc(C)cc(C)c5)c4=O)cc3F)ccnc2cc1OCCCN1CCCC1. The fraction of sp³-hybridized carbons (Fsp3) is 0.244. The van der Waals surface area contributed by atoms with Crippen molar-refractivity contribution >= 4 is 45.0 Å². The molecule has 1 fully saturated rings. The zero-order valence-electron chi connectivity index (χ0n) is 29.2. The summed E-state index contributed by atoms with van der Waals surface area (Å²) >= 11 is 6.72. The Labute approximate surface area is 305 Å². The van der Waals surface area contributed by atoms with Crippen LogP contribution in [0.15, 0.2) is 89.9 Å². The summed E-state index contributed by atoms with van der Waals surface area (Å²) in [5.74, 6) is -0.145. The van der Waals surface area contributed by atoms with Gasteiger partial charge in [0.1, 0.15) is 11.3 Å². The fourth-order valence-corrected chi connectivity index (χ4v) is 7.10. The molecule has 0 spiro atoms. The molecule has 52 heavy (non-hydrogen) atoms. The molecule has 3 heterocycles. The number of pyridine rings is 2. The number of para-hydroxylation sites is 1. The van der Waals surface area contributed by atoms with E-state index in [0.29, 0.717) is 51.3 Å². The van der Waals surface area contributed by atoms with E-state index in [1.54, 1.807) is 55.8 Å². The lowest BCUT2D eigenvalue weighted by Crippen LogP contribution is -2.29. The fourth-order valence-electron chi connectivity index (χ4n) is 6.78. The maximum atomic E-state index is 15.6. The highest BCUT2D eigenvalue weighted by Crippen LogP contribution is 2.38. The lowest BCUT2D eigenvalue weighted by Gasteiger charge is -2.17. The first-order valence-electron chi connectivity index (χ1n) is 17.2. The summed E-state index contributed by atoms with van der Waals surface area (Å²) in [5, 5.41) is 3.79. The van der Waals surface area contributed by atoms with Crippen LogP contribution in [0.1, 0.15) is 40.7 Å². The Kier molecular flexibility index (Phi) is 10.1. The van der Waals surface area contributed by atoms with Crippen molar-refractivity contribution in [1.29, 1.82) is 0 Å². The van der Waals surface area contributed by atoms with Crippen molar-refractivity contribution in [3.8, 4) is 28.7 Å². The molecule has 1 aliphatic heterocycles. The number of nitrogens with zero attached hydrogens (tertiary/aromatic N) is 3. The number of benzene rings is 4. The minimum Gasteiger partial charge on any atom is -0.493 e. The van der Waals surface area contributed by atoms with Crippen molar-refractivity contribution in [2.45, 2.75) is 33.1 Å². The third-order valence-corrected chi connectivity index (χ3v) is 9.57. The predicted molar refractivity (Wildman–Crippen MR) is 203 cm³/mol. The van der Waals surface area contributed by atoms with E-state index in [2.05, 4.69) is 15.2 Å². The van der Waals surface area contributed by atoms with Gasteiger partial charge in [-0.25, -0.2) is 4.39 Å². The molecule has 266 valence electrons. The van der Waals surface area contributed by atoms with Crippen LogP contribution in [0.4, 0.5) is 10.1 Å². The number of carbonyl (C=O) groups is 1. The summed E-state index contributed by atoms with van der Waals surface area (Å²) in [5.41, 5.74) is 2.94. The molecule has 11 heteroatoms. The first-order chi connectivity index (χ1) is 25.2. The van der Waals surface area contributed by atoms with Gasteiger partial charge in [0.25, 0.3) is 11.5 Å². The number of aryl methyl sites for hydroxylation is 2. The quantitative estimate of drug-likeness (QED) is 0.134. The first kappa shape index (κ1) is 35.0. The van der Waals surface area contributed by atoms with Gasteiger partial charge in [-0.1, -0.05) is 35.9 Å². The molecule has 0 aliphatic carbocycles. The van der Waals surface area contributed by atoms with Crippen molar-refractivity contribution in [3.05, 3.63) is 123 Å². The standard InChI is InChI=1S/C41H38ClFN4O5/c1-25-19-26(2)21-28(20-25)47-33-10-5-4-9-29(33)39(42)38(41(47)49)40(48)45-27-11-12-35(31(43)22-27)52-34-13-14-44-32-24-37(36(50-3)23-30(32)34)51-18-8-17-46-15-6-7-16-46/h4-5,9-14,19-24H,6-8,15-18H2,1-3H3,(H,45,48). The molecule has 0 radical (unpaired) electrons. The molecule has 1 saturated heterocycles. The predicted octanol–water partition coefficient (Wildman–Crippen LogP) is 8.87. The maximum Gasteiger partial charge on any atom is 0.270 e. The number of anilines is 1. The Morgan fingerprint density at radius 3 is 2.42 bits per heavy atom. The molecule has 1 aliphatic rings. The summed E-state index contributed by atoms with van der Waals surface area (Å²) in [6.45, 7) is 7.69. The van der Waals surface area contributed by atoms with Gasteiger partial charge < -0.3 is 24.4 Å². The molecule has 1 N–H and O–H groups in total. The van der Waals surface area contributed by atoms with E-state index in [1.165, 1.54) is 29.5 Å². The minimum atomic E-state index is -0.770. The monoisotopic (exact) mass is 720 g/mol. The van der Waals surface area contributed by atoms with E-state index >= 15 is 4.39 Å². The molecule has 0 unspecified atom stereocenters. The van der Waals surface area contributed by atoms with Gasteiger partial charge in [0.05, 0.1) is 29.8 Å². The highest BCUT2D eigenvalue weighted by molar-refractivity contribution is 6.39. The van der Waals surface area contributed by atoms with Crippen molar-refractivity contribution in [2.75, 3.05) is 38.7 Å². The van der Waals surface area contributed by atoms with E-state index in [1.807, 2.05) is 32.0 Å². The maximum absolute atomic E-state index is 15.6. The van der Waals surface area contributed by atoms with E-state index in [0.717, 1.165) is 43.2 Å². The number of carbonyl (C=O) groups excluding carboxylic acids is 1. The van der Waals surface area contributed by atoms with Crippen LogP contribution < -0.4 is 25.1 Å². The van der Waals surface area contributed by atoms with Gasteiger partial charge in [-0.3, -0.25) is 19.1 Å². The normalized spacial score (nSPS) is 13.1. The Hall–Kier alpha value is -5.45. The number of aromatic nitrogens is 2. The van der Waals surface area contributed by atoms with E-state index in [4.69, 9.17) is 25.8 Å². The van der Waals surface area contributed by atoms with Crippen LogP contribution >= 0.6 is 11.6 Å². The summed E-state index contributed by atoms with van der Waals surface area (Å²) in [6.07, 6.45) is 4.97. The zero-order valence-corrected chi connectivity index (χ0v) is 29.9. The average Bonchev–Trinajstić information content (AvgIpc) is 3.64. The Balaban J connectivity index is 1.12. The van der Waals surface area contributed by atoms with Gasteiger partial charge >= 0.3 is 0 Å². The van der Waals surface area contributed by atoms with Crippen molar-refractivity contribution in [3.63, 3.8) is 0 Å². The van der Waals surface area contributed by atoms with Gasteiger partial charge in [-0.05, 0) is 99.8 Å². The molecular formula is C41H38ClFN4O5. The number of methoxy groups -OCH3 is 1. The lowest BCUT2D eigenvalue weighted by molar-refractivity contribution is 0.102. The molecule has 9 nitrogen and oxygen atoms in total. The van der Waals surface area contributed by atoms with Crippen LogP contribution in [0.25, 0.3) is 27.5 Å². The van der Waals surface area contributed by atoms with E-state index in [-0.39, 0.29) is 22.0 Å². The average molecular weight is 721 g/mol. The second-order valence-corrected chi connectivity index (χ2v) is 13.4. The van der Waals surface area contributed by atoms with Gasteiger partial charge in [-0.15, -0.1) is 0 Å². The number of hydrogen-bond donors (Lipinski definition) is 1. The van der Waals surface area contributed by atoms with Crippen molar-refractivity contribution in [2.24, 2.45) is 0 Å². The highest BCUT2D eigenvalue weighted by atomic mass is 35.5. The molecule has 0 saturated carbocycles. The van der Waals surface area contributed by atoms with Gasteiger partial charge in [0, 0.05) is 47.0 Å². The van der Waals surface area contributed by atoms with Crippen LogP contribution in [0.5, 0.6) is 23.0 Å². The number of halogens is 2. The summed E-state index contributed by atoms with van der Waals surface area (Å²) < 4.78 is 34.8. The topological polar surface area (TPSA) is 94.9 Å². The number of amides is 1. The number of rotatable bonds is 11. The van der Waals surface area contributed by atoms with Gasteiger partial charge in [0.2, 0.25) is 0 Å². The molecule has 6 aromatic rings. The molecule has 0 bridgehead atoms. The molecule has 0 atom stereocenters. The number of ether oxygens (including phenoxy) is 3. The van der Waals surface area contributed by atoms with Crippen LogP contribution in [0.3, 0.4) is 0 Å². The van der Waals surface area contributed by atoms with Gasteiger partial charge in [0.15, 0.2) is 23.1 Å². The molecular weight excluding hydrogens is 683 g/mol. The molecule has 1 amide bonds. The van der Waals surface area contributed by atoms with Crippen molar-refractivity contribution in [1.82, 2.24) is 14.5 Å².